The molecule has 0 bridgehead atoms. The number of esters is 1. The summed E-state index contributed by atoms with van der Waals surface area (Å²) in [6.07, 6.45) is 1.53. The Balaban J connectivity index is 1.76. The minimum absolute atomic E-state index is 0.0149. The second-order valence-corrected chi connectivity index (χ2v) is 5.97. The third-order valence-electron chi connectivity index (χ3n) is 3.27. The summed E-state index contributed by atoms with van der Waals surface area (Å²) in [4.78, 5) is 37.1. The molecule has 2 aromatic heterocycles. The van der Waals surface area contributed by atoms with Gasteiger partial charge in [-0.05, 0) is 43.0 Å². The van der Waals surface area contributed by atoms with Crippen molar-refractivity contribution in [1.82, 2.24) is 4.90 Å². The van der Waals surface area contributed by atoms with Crippen LogP contribution in [0.4, 0.5) is 4.79 Å². The minimum Gasteiger partial charge on any atom is -0.463 e. The molecule has 1 saturated heterocycles. The van der Waals surface area contributed by atoms with E-state index in [9.17, 15) is 14.4 Å². The van der Waals surface area contributed by atoms with Crippen LogP contribution in [-0.2, 0) is 16.1 Å². The number of rotatable bonds is 4. The molecule has 2 amide bonds. The maximum atomic E-state index is 12.4. The van der Waals surface area contributed by atoms with Crippen molar-refractivity contribution in [3.8, 4) is 0 Å². The molecule has 1 fully saturated rings. The number of hydrogen-bond donors (Lipinski definition) is 0. The first-order valence-electron chi connectivity index (χ1n) is 6.97. The van der Waals surface area contributed by atoms with Crippen molar-refractivity contribution in [2.45, 2.75) is 13.5 Å². The zero-order valence-corrected chi connectivity index (χ0v) is 13.7. The lowest BCUT2D eigenvalue weighted by Gasteiger charge is -2.09. The van der Waals surface area contributed by atoms with E-state index in [1.807, 2.05) is 0 Å². The Kier molecular flexibility index (Phi) is 4.30. The van der Waals surface area contributed by atoms with Crippen molar-refractivity contribution in [3.05, 3.63) is 52.2 Å². The number of amides is 2. The average molecular weight is 347 g/mol. The van der Waals surface area contributed by atoms with Crippen molar-refractivity contribution in [2.24, 2.45) is 0 Å². The molecule has 0 N–H and O–H groups in total. The Morgan fingerprint density at radius 3 is 2.71 bits per heavy atom. The molecule has 1 aliphatic rings. The Bertz CT molecular complexity index is 846. The molecule has 0 spiro atoms. The molecule has 1 aliphatic heterocycles. The molecular weight excluding hydrogens is 334 g/mol. The maximum Gasteiger partial charge on any atom is 0.373 e. The van der Waals surface area contributed by atoms with Gasteiger partial charge in [-0.2, -0.15) is 0 Å². The lowest BCUT2D eigenvalue weighted by Crippen LogP contribution is -2.27. The molecule has 0 radical (unpaired) electrons. The lowest BCUT2D eigenvalue weighted by atomic mass is 10.3. The molecule has 8 heteroatoms. The van der Waals surface area contributed by atoms with Crippen LogP contribution in [0.1, 0.15) is 27.8 Å². The number of aryl methyl sites for hydroxylation is 1. The number of nitrogens with zero attached hydrogens (tertiary/aromatic N) is 1. The average Bonchev–Trinajstić information content (AvgIpc) is 3.24. The topological polar surface area (TPSA) is 90.0 Å². The first-order chi connectivity index (χ1) is 11.5. The van der Waals surface area contributed by atoms with Crippen molar-refractivity contribution < 1.29 is 28.0 Å². The van der Waals surface area contributed by atoms with E-state index in [1.54, 1.807) is 19.1 Å². The number of methoxy groups -OCH3 is 1. The van der Waals surface area contributed by atoms with Gasteiger partial charge in [0.15, 0.2) is 0 Å². The number of carbonyl (C=O) groups excluding carboxylic acids is 3. The molecule has 0 aliphatic carbocycles. The van der Waals surface area contributed by atoms with E-state index in [4.69, 9.17) is 8.83 Å². The van der Waals surface area contributed by atoms with E-state index in [-0.39, 0.29) is 17.2 Å². The standard InChI is InChI=1S/C16H13NO6S/c1-9-3-4-10(22-9)7-13-14(18)17(16(20)24-13)8-11-5-6-12(23-11)15(19)21-2/h3-7H,8H2,1-2H3/b13-7+. The molecule has 24 heavy (non-hydrogen) atoms. The highest BCUT2D eigenvalue weighted by molar-refractivity contribution is 8.18. The van der Waals surface area contributed by atoms with Crippen LogP contribution in [0.3, 0.4) is 0 Å². The van der Waals surface area contributed by atoms with Crippen LogP contribution in [0, 0.1) is 6.92 Å². The molecule has 124 valence electrons. The number of imide groups is 1. The van der Waals surface area contributed by atoms with E-state index in [0.29, 0.717) is 17.3 Å². The number of thioether (sulfide) groups is 1. The Morgan fingerprint density at radius 2 is 2.04 bits per heavy atom. The molecule has 3 heterocycles. The van der Waals surface area contributed by atoms with Gasteiger partial charge in [0.25, 0.3) is 11.1 Å². The predicted octanol–water partition coefficient (Wildman–Crippen LogP) is 3.20. The maximum absolute atomic E-state index is 12.4. The monoisotopic (exact) mass is 347 g/mol. The highest BCUT2D eigenvalue weighted by Gasteiger charge is 2.36. The van der Waals surface area contributed by atoms with Gasteiger partial charge in [0.2, 0.25) is 5.76 Å². The summed E-state index contributed by atoms with van der Waals surface area (Å²) < 4.78 is 15.2. The Labute approximate surface area is 141 Å². The van der Waals surface area contributed by atoms with Gasteiger partial charge in [-0.15, -0.1) is 0 Å². The summed E-state index contributed by atoms with van der Waals surface area (Å²) in [6, 6.07) is 6.45. The zero-order chi connectivity index (χ0) is 17.3. The summed E-state index contributed by atoms with van der Waals surface area (Å²) >= 11 is 0.828. The summed E-state index contributed by atoms with van der Waals surface area (Å²) in [5, 5.41) is -0.412. The lowest BCUT2D eigenvalue weighted by molar-refractivity contribution is -0.123. The molecule has 0 aromatic carbocycles. The van der Waals surface area contributed by atoms with Gasteiger partial charge in [0.1, 0.15) is 17.3 Å². The van der Waals surface area contributed by atoms with Crippen molar-refractivity contribution in [3.63, 3.8) is 0 Å². The minimum atomic E-state index is -0.622. The van der Waals surface area contributed by atoms with Gasteiger partial charge in [-0.25, -0.2) is 4.79 Å². The molecule has 7 nitrogen and oxygen atoms in total. The number of furan rings is 2. The summed E-state index contributed by atoms with van der Waals surface area (Å²) in [5.74, 6) is 0.489. The third kappa shape index (κ3) is 3.13. The van der Waals surface area contributed by atoms with Crippen molar-refractivity contribution in [2.75, 3.05) is 7.11 Å². The third-order valence-corrected chi connectivity index (χ3v) is 4.18. The van der Waals surface area contributed by atoms with Crippen LogP contribution in [0.15, 0.2) is 38.0 Å². The molecule has 2 aromatic rings. The Hall–Kier alpha value is -2.74. The van der Waals surface area contributed by atoms with Crippen molar-refractivity contribution >= 4 is 35.0 Å². The number of carbonyl (C=O) groups is 3. The van der Waals surface area contributed by atoms with Gasteiger partial charge in [-0.1, -0.05) is 0 Å². The largest absolute Gasteiger partial charge is 0.463 e. The van der Waals surface area contributed by atoms with E-state index >= 15 is 0 Å². The normalized spacial score (nSPS) is 16.2. The van der Waals surface area contributed by atoms with Crippen LogP contribution in [0.5, 0.6) is 0 Å². The van der Waals surface area contributed by atoms with E-state index in [1.165, 1.54) is 25.3 Å². The Morgan fingerprint density at radius 1 is 1.25 bits per heavy atom. The SMILES string of the molecule is COC(=O)c1ccc(CN2C(=O)S/C(=C/c3ccc(C)o3)C2=O)o1. The highest BCUT2D eigenvalue weighted by atomic mass is 32.2. The summed E-state index contributed by atoms with van der Waals surface area (Å²) in [5.41, 5.74) is 0. The van der Waals surface area contributed by atoms with Gasteiger partial charge in [0.05, 0.1) is 18.6 Å². The van der Waals surface area contributed by atoms with Crippen LogP contribution >= 0.6 is 11.8 Å². The smallest absolute Gasteiger partial charge is 0.373 e. The van der Waals surface area contributed by atoms with E-state index < -0.39 is 17.1 Å². The van der Waals surface area contributed by atoms with Crippen LogP contribution < -0.4 is 0 Å². The van der Waals surface area contributed by atoms with Gasteiger partial charge >= 0.3 is 5.97 Å². The van der Waals surface area contributed by atoms with Gasteiger partial charge in [0, 0.05) is 6.08 Å². The first-order valence-corrected chi connectivity index (χ1v) is 7.78. The molecule has 0 unspecified atom stereocenters. The van der Waals surface area contributed by atoms with Crippen LogP contribution in [0.25, 0.3) is 6.08 Å². The quantitative estimate of drug-likeness (QED) is 0.619. The van der Waals surface area contributed by atoms with E-state index in [0.717, 1.165) is 16.7 Å². The summed E-state index contributed by atoms with van der Waals surface area (Å²) in [7, 11) is 1.24. The first kappa shape index (κ1) is 16.1. The predicted molar refractivity (Wildman–Crippen MR) is 85.0 cm³/mol. The molecule has 0 atom stereocenters. The van der Waals surface area contributed by atoms with Gasteiger partial charge in [-0.3, -0.25) is 14.5 Å². The van der Waals surface area contributed by atoms with E-state index in [2.05, 4.69) is 4.74 Å². The summed E-state index contributed by atoms with van der Waals surface area (Å²) in [6.45, 7) is 1.73. The van der Waals surface area contributed by atoms with Crippen molar-refractivity contribution in [1.29, 1.82) is 0 Å². The second-order valence-electron chi connectivity index (χ2n) is 4.97. The fraction of sp³-hybridized carbons (Fsp3) is 0.188. The fourth-order valence-corrected chi connectivity index (χ4v) is 2.94. The molecule has 0 saturated carbocycles. The van der Waals surface area contributed by atoms with Crippen LogP contribution in [-0.4, -0.2) is 29.1 Å². The fourth-order valence-electron chi connectivity index (χ4n) is 2.13. The zero-order valence-electron chi connectivity index (χ0n) is 12.9. The number of hydrogen-bond acceptors (Lipinski definition) is 7. The number of ether oxygens (including phenoxy) is 1. The highest BCUT2D eigenvalue weighted by Crippen LogP contribution is 2.33. The molecular formula is C16H13NO6S. The molecule has 3 rings (SSSR count). The van der Waals surface area contributed by atoms with Gasteiger partial charge < -0.3 is 13.6 Å². The van der Waals surface area contributed by atoms with Crippen LogP contribution in [0.2, 0.25) is 0 Å². The second kappa shape index (κ2) is 6.40.